The Kier molecular flexibility index (Phi) is 4.06. The van der Waals surface area contributed by atoms with Crippen molar-refractivity contribution in [1.29, 1.82) is 0 Å². The van der Waals surface area contributed by atoms with Gasteiger partial charge in [0.2, 0.25) is 5.91 Å². The number of nitrogens with zero attached hydrogens (tertiary/aromatic N) is 1. The van der Waals surface area contributed by atoms with Crippen molar-refractivity contribution >= 4 is 17.6 Å². The molecule has 21 heavy (non-hydrogen) atoms. The Balaban J connectivity index is 2.18. The number of hydrogen-bond donors (Lipinski definition) is 2. The Labute approximate surface area is 119 Å². The van der Waals surface area contributed by atoms with Gasteiger partial charge in [-0.25, -0.2) is 4.79 Å². The molecule has 114 valence electrons. The summed E-state index contributed by atoms with van der Waals surface area (Å²) in [4.78, 5) is 24.9. The summed E-state index contributed by atoms with van der Waals surface area (Å²) in [5, 5.41) is 4.43. The molecule has 1 heterocycles. The van der Waals surface area contributed by atoms with E-state index in [0.29, 0.717) is 11.3 Å². The number of alkyl halides is 3. The summed E-state index contributed by atoms with van der Waals surface area (Å²) in [6, 6.07) is 5.04. The molecule has 8 heteroatoms. The Morgan fingerprint density at radius 3 is 2.76 bits per heavy atom. The maximum atomic E-state index is 12.2. The second-order valence-corrected chi connectivity index (χ2v) is 4.72. The number of para-hydroxylation sites is 1. The average Bonchev–Trinajstić information content (AvgIpc) is 2.53. The molecule has 1 atom stereocenters. The third-order valence-corrected chi connectivity index (χ3v) is 3.16. The Bertz CT molecular complexity index is 560. The fraction of sp³-hybridized carbons (Fsp3) is 0.385. The molecule has 1 aliphatic rings. The fourth-order valence-corrected chi connectivity index (χ4v) is 2.00. The summed E-state index contributed by atoms with van der Waals surface area (Å²) in [7, 11) is 0. The van der Waals surface area contributed by atoms with Gasteiger partial charge in [0.1, 0.15) is 12.6 Å². The van der Waals surface area contributed by atoms with Gasteiger partial charge in [0.25, 0.3) is 0 Å². The average molecular weight is 301 g/mol. The number of amides is 3. The molecule has 2 rings (SSSR count). The standard InChI is InChI=1S/C13H14F3N3O2/c1-8-11(20)18-10-5-3-2-4-9(10)6-19(8)12(21)17-7-13(14,15)16/h2-5,8H,6-7H2,1H3,(H,17,21)(H,18,20). The molecular formula is C13H14F3N3O2. The minimum Gasteiger partial charge on any atom is -0.329 e. The third kappa shape index (κ3) is 3.65. The number of carbonyl (C=O) groups excluding carboxylic acids is 2. The smallest absolute Gasteiger partial charge is 0.329 e. The Hall–Kier alpha value is -2.25. The lowest BCUT2D eigenvalue weighted by atomic mass is 10.2. The van der Waals surface area contributed by atoms with Gasteiger partial charge in [0.15, 0.2) is 0 Å². The summed E-state index contributed by atoms with van der Waals surface area (Å²) < 4.78 is 36.5. The number of rotatable bonds is 1. The molecule has 1 aliphatic heterocycles. The summed E-state index contributed by atoms with van der Waals surface area (Å²) in [6.07, 6.45) is -4.50. The van der Waals surface area contributed by atoms with E-state index in [1.807, 2.05) is 0 Å². The van der Waals surface area contributed by atoms with E-state index in [0.717, 1.165) is 4.90 Å². The predicted molar refractivity (Wildman–Crippen MR) is 69.5 cm³/mol. The molecule has 2 N–H and O–H groups in total. The van der Waals surface area contributed by atoms with E-state index in [1.165, 1.54) is 6.92 Å². The minimum atomic E-state index is -4.50. The first-order chi connectivity index (χ1) is 9.78. The van der Waals surface area contributed by atoms with E-state index in [9.17, 15) is 22.8 Å². The van der Waals surface area contributed by atoms with Crippen molar-refractivity contribution in [2.45, 2.75) is 25.7 Å². The molecule has 0 aromatic heterocycles. The van der Waals surface area contributed by atoms with Gasteiger partial charge < -0.3 is 15.5 Å². The Morgan fingerprint density at radius 2 is 2.10 bits per heavy atom. The van der Waals surface area contributed by atoms with Crippen LogP contribution in [0.2, 0.25) is 0 Å². The maximum Gasteiger partial charge on any atom is 0.405 e. The first-order valence-electron chi connectivity index (χ1n) is 6.28. The van der Waals surface area contributed by atoms with Crippen molar-refractivity contribution in [2.24, 2.45) is 0 Å². The van der Waals surface area contributed by atoms with Gasteiger partial charge in [-0.1, -0.05) is 18.2 Å². The highest BCUT2D eigenvalue weighted by Crippen LogP contribution is 2.23. The zero-order valence-electron chi connectivity index (χ0n) is 11.2. The van der Waals surface area contributed by atoms with Gasteiger partial charge in [-0.2, -0.15) is 13.2 Å². The number of fused-ring (bicyclic) bond motifs is 1. The molecule has 0 saturated carbocycles. The van der Waals surface area contributed by atoms with Crippen LogP contribution in [0.25, 0.3) is 0 Å². The van der Waals surface area contributed by atoms with E-state index in [1.54, 1.807) is 29.6 Å². The molecule has 1 unspecified atom stereocenters. The molecule has 1 aromatic carbocycles. The number of benzene rings is 1. The van der Waals surface area contributed by atoms with Crippen LogP contribution in [-0.4, -0.2) is 35.6 Å². The molecule has 0 aliphatic carbocycles. The van der Waals surface area contributed by atoms with Crippen LogP contribution in [0.15, 0.2) is 24.3 Å². The molecule has 0 fully saturated rings. The first-order valence-corrected chi connectivity index (χ1v) is 6.28. The minimum absolute atomic E-state index is 0.0553. The van der Waals surface area contributed by atoms with Crippen molar-refractivity contribution in [2.75, 3.05) is 11.9 Å². The molecule has 1 aromatic rings. The SMILES string of the molecule is CC1C(=O)Nc2ccccc2CN1C(=O)NCC(F)(F)F. The monoisotopic (exact) mass is 301 g/mol. The maximum absolute atomic E-state index is 12.2. The van der Waals surface area contributed by atoms with Gasteiger partial charge >= 0.3 is 12.2 Å². The molecular weight excluding hydrogens is 287 g/mol. The largest absolute Gasteiger partial charge is 0.405 e. The zero-order valence-corrected chi connectivity index (χ0v) is 11.2. The lowest BCUT2D eigenvalue weighted by Gasteiger charge is -2.26. The highest BCUT2D eigenvalue weighted by Gasteiger charge is 2.33. The van der Waals surface area contributed by atoms with Crippen LogP contribution in [0.3, 0.4) is 0 Å². The molecule has 5 nitrogen and oxygen atoms in total. The van der Waals surface area contributed by atoms with Gasteiger partial charge in [0.05, 0.1) is 6.54 Å². The topological polar surface area (TPSA) is 61.4 Å². The number of nitrogens with one attached hydrogen (secondary N) is 2. The van der Waals surface area contributed by atoms with E-state index >= 15 is 0 Å². The van der Waals surface area contributed by atoms with Crippen molar-refractivity contribution in [3.05, 3.63) is 29.8 Å². The van der Waals surface area contributed by atoms with Gasteiger partial charge in [-0.05, 0) is 18.6 Å². The molecule has 0 bridgehead atoms. The molecule has 0 radical (unpaired) electrons. The van der Waals surface area contributed by atoms with Crippen LogP contribution < -0.4 is 10.6 Å². The van der Waals surface area contributed by atoms with Crippen LogP contribution in [0, 0.1) is 0 Å². The molecule has 0 saturated heterocycles. The van der Waals surface area contributed by atoms with Crippen molar-refractivity contribution < 1.29 is 22.8 Å². The van der Waals surface area contributed by atoms with Gasteiger partial charge in [-0.15, -0.1) is 0 Å². The number of hydrogen-bond acceptors (Lipinski definition) is 2. The van der Waals surface area contributed by atoms with E-state index in [4.69, 9.17) is 0 Å². The lowest BCUT2D eigenvalue weighted by molar-refractivity contribution is -0.123. The summed E-state index contributed by atoms with van der Waals surface area (Å²) in [6.45, 7) is 0.0898. The second-order valence-electron chi connectivity index (χ2n) is 4.72. The predicted octanol–water partition coefficient (Wildman–Crippen LogP) is 2.10. The zero-order chi connectivity index (χ0) is 15.6. The van der Waals surface area contributed by atoms with Crippen LogP contribution in [0.1, 0.15) is 12.5 Å². The lowest BCUT2D eigenvalue weighted by Crippen LogP contribution is -2.49. The Morgan fingerprint density at radius 1 is 1.43 bits per heavy atom. The van der Waals surface area contributed by atoms with Crippen LogP contribution >= 0.6 is 0 Å². The highest BCUT2D eigenvalue weighted by molar-refractivity contribution is 5.98. The quantitative estimate of drug-likeness (QED) is 0.834. The molecule has 3 amide bonds. The number of halogens is 3. The molecule has 0 spiro atoms. The number of carbonyl (C=O) groups is 2. The van der Waals surface area contributed by atoms with Crippen molar-refractivity contribution in [3.8, 4) is 0 Å². The van der Waals surface area contributed by atoms with Crippen molar-refractivity contribution in [1.82, 2.24) is 10.2 Å². The normalized spacial score (nSPS) is 18.6. The van der Waals surface area contributed by atoms with E-state index in [-0.39, 0.29) is 6.54 Å². The van der Waals surface area contributed by atoms with Gasteiger partial charge in [-0.3, -0.25) is 4.79 Å². The van der Waals surface area contributed by atoms with Crippen LogP contribution in [0.5, 0.6) is 0 Å². The van der Waals surface area contributed by atoms with E-state index in [2.05, 4.69) is 5.32 Å². The second kappa shape index (κ2) is 5.63. The summed E-state index contributed by atoms with van der Waals surface area (Å²) >= 11 is 0. The highest BCUT2D eigenvalue weighted by atomic mass is 19.4. The summed E-state index contributed by atoms with van der Waals surface area (Å²) in [5.41, 5.74) is 1.22. The van der Waals surface area contributed by atoms with E-state index < -0.39 is 30.7 Å². The number of urea groups is 1. The van der Waals surface area contributed by atoms with Crippen LogP contribution in [0.4, 0.5) is 23.7 Å². The van der Waals surface area contributed by atoms with Gasteiger partial charge in [0, 0.05) is 5.69 Å². The first kappa shape index (κ1) is 15.1. The third-order valence-electron chi connectivity index (χ3n) is 3.16. The number of anilines is 1. The summed E-state index contributed by atoms with van der Waals surface area (Å²) in [5.74, 6) is -0.442. The van der Waals surface area contributed by atoms with Crippen LogP contribution in [-0.2, 0) is 11.3 Å². The fourth-order valence-electron chi connectivity index (χ4n) is 2.00. The van der Waals surface area contributed by atoms with Crippen molar-refractivity contribution in [3.63, 3.8) is 0 Å².